The van der Waals surface area contributed by atoms with Crippen LogP contribution < -0.4 is 5.32 Å². The second-order valence-electron chi connectivity index (χ2n) is 2.35. The molecule has 6 heteroatoms. The lowest BCUT2D eigenvalue weighted by Gasteiger charge is -2.23. The van der Waals surface area contributed by atoms with E-state index in [1.54, 1.807) is 0 Å². The van der Waals surface area contributed by atoms with E-state index < -0.39 is 16.1 Å². The van der Waals surface area contributed by atoms with Crippen LogP contribution in [0.5, 0.6) is 0 Å². The summed E-state index contributed by atoms with van der Waals surface area (Å²) in [4.78, 5) is 10.8. The Morgan fingerprint density at radius 3 is 2.55 bits per heavy atom. The molecule has 2 amide bonds. The monoisotopic (exact) mass is 177 g/mol. The second-order valence-corrected chi connectivity index (χ2v) is 4.26. The highest BCUT2D eigenvalue weighted by Crippen LogP contribution is 2.04. The molecule has 0 N–H and O–H groups in total. The first-order valence-corrected chi connectivity index (χ1v) is 5.06. The average Bonchev–Trinajstić information content (AvgIpc) is 1.86. The van der Waals surface area contributed by atoms with Crippen LogP contribution in [0.2, 0.25) is 0 Å². The normalized spacial score (nSPS) is 19.7. The van der Waals surface area contributed by atoms with Gasteiger partial charge in [-0.05, 0) is 6.42 Å². The van der Waals surface area contributed by atoms with Gasteiger partial charge in [0.1, 0.15) is 0 Å². The molecule has 1 aliphatic rings. The van der Waals surface area contributed by atoms with Crippen molar-refractivity contribution in [3.05, 3.63) is 0 Å². The molecule has 1 radical (unpaired) electrons. The Kier molecular flexibility index (Phi) is 2.03. The summed E-state index contributed by atoms with van der Waals surface area (Å²) in [5.74, 6) is 0. The summed E-state index contributed by atoms with van der Waals surface area (Å²) in [6, 6.07) is -0.640. The van der Waals surface area contributed by atoms with Crippen LogP contribution in [-0.4, -0.2) is 38.1 Å². The highest BCUT2D eigenvalue weighted by molar-refractivity contribution is 7.88. The molecular weight excluding hydrogens is 168 g/mol. The van der Waals surface area contributed by atoms with Crippen LogP contribution in [-0.2, 0) is 10.0 Å². The van der Waals surface area contributed by atoms with Crippen molar-refractivity contribution in [3.8, 4) is 0 Å². The van der Waals surface area contributed by atoms with Gasteiger partial charge in [-0.3, -0.25) is 0 Å². The highest BCUT2D eigenvalue weighted by atomic mass is 32.2. The Balaban J connectivity index is 2.78. The maximum atomic E-state index is 10.8. The molecule has 1 aliphatic heterocycles. The van der Waals surface area contributed by atoms with Crippen molar-refractivity contribution in [3.63, 3.8) is 0 Å². The lowest BCUT2D eigenvalue weighted by molar-refractivity contribution is 0.214. The summed E-state index contributed by atoms with van der Waals surface area (Å²) in [6.45, 7) is 0.700. The van der Waals surface area contributed by atoms with E-state index >= 15 is 0 Å². The molecule has 63 valence electrons. The molecule has 0 unspecified atom stereocenters. The van der Waals surface area contributed by atoms with Crippen LogP contribution in [0, 0.1) is 0 Å². The summed E-state index contributed by atoms with van der Waals surface area (Å²) in [7, 11) is -3.39. The molecule has 0 aliphatic carbocycles. The second kappa shape index (κ2) is 2.69. The van der Waals surface area contributed by atoms with Crippen LogP contribution in [0.4, 0.5) is 4.79 Å². The highest BCUT2D eigenvalue weighted by Gasteiger charge is 2.26. The van der Waals surface area contributed by atoms with Gasteiger partial charge in [-0.25, -0.2) is 22.8 Å². The molecule has 0 atom stereocenters. The Bertz CT molecular complexity index is 259. The van der Waals surface area contributed by atoms with Gasteiger partial charge in [-0.1, -0.05) is 0 Å². The molecule has 1 rings (SSSR count). The largest absolute Gasteiger partial charge is 0.352 e. The number of hydrogen-bond donors (Lipinski definition) is 0. The van der Waals surface area contributed by atoms with Crippen molar-refractivity contribution < 1.29 is 13.2 Å². The standard InChI is InChI=1S/C5H9N2O3S/c1-11(9,10)7-4-2-3-6-5(7)8/h2-4H2,1H3. The zero-order valence-corrected chi connectivity index (χ0v) is 6.97. The summed E-state index contributed by atoms with van der Waals surface area (Å²) in [5, 5.41) is 3.49. The average molecular weight is 177 g/mol. The Morgan fingerprint density at radius 2 is 2.18 bits per heavy atom. The molecule has 0 aromatic heterocycles. The van der Waals surface area contributed by atoms with Crippen LogP contribution in [0.1, 0.15) is 6.42 Å². The Labute approximate surface area is 65.4 Å². The minimum Gasteiger partial charge on any atom is -0.245 e. The molecular formula is C5H9N2O3S. The number of carbonyl (C=O) groups excluding carboxylic acids is 1. The van der Waals surface area contributed by atoms with Crippen molar-refractivity contribution in [2.45, 2.75) is 6.42 Å². The van der Waals surface area contributed by atoms with E-state index in [0.717, 1.165) is 10.6 Å². The van der Waals surface area contributed by atoms with Gasteiger partial charge in [0, 0.05) is 13.1 Å². The number of hydrogen-bond acceptors (Lipinski definition) is 3. The topological polar surface area (TPSA) is 68.6 Å². The third-order valence-electron chi connectivity index (χ3n) is 1.38. The van der Waals surface area contributed by atoms with Crippen LogP contribution >= 0.6 is 0 Å². The van der Waals surface area contributed by atoms with E-state index in [0.29, 0.717) is 13.0 Å². The molecule has 1 heterocycles. The predicted octanol–water partition coefficient (Wildman–Crippen LogP) is -0.624. The molecule has 0 spiro atoms. The fourth-order valence-corrected chi connectivity index (χ4v) is 1.67. The van der Waals surface area contributed by atoms with E-state index in [4.69, 9.17) is 0 Å². The molecule has 11 heavy (non-hydrogen) atoms. The van der Waals surface area contributed by atoms with Crippen molar-refractivity contribution in [2.24, 2.45) is 0 Å². The third-order valence-corrected chi connectivity index (χ3v) is 2.52. The number of rotatable bonds is 1. The molecule has 1 saturated heterocycles. The van der Waals surface area contributed by atoms with E-state index in [1.807, 2.05) is 0 Å². The first-order chi connectivity index (χ1) is 5.02. The molecule has 0 aromatic carbocycles. The molecule has 0 aromatic rings. The summed E-state index contributed by atoms with van der Waals surface area (Å²) in [6.07, 6.45) is 1.63. The molecule has 1 fully saturated rings. The van der Waals surface area contributed by atoms with E-state index in [9.17, 15) is 13.2 Å². The molecule has 5 nitrogen and oxygen atoms in total. The maximum Gasteiger partial charge on any atom is 0.352 e. The van der Waals surface area contributed by atoms with Gasteiger partial charge < -0.3 is 0 Å². The van der Waals surface area contributed by atoms with Gasteiger partial charge in [0.2, 0.25) is 10.0 Å². The quantitative estimate of drug-likeness (QED) is 0.535. The van der Waals surface area contributed by atoms with Gasteiger partial charge in [0.25, 0.3) is 0 Å². The van der Waals surface area contributed by atoms with Crippen molar-refractivity contribution in [1.82, 2.24) is 9.62 Å². The fraction of sp³-hybridized carbons (Fsp3) is 0.800. The van der Waals surface area contributed by atoms with Crippen molar-refractivity contribution in [2.75, 3.05) is 19.3 Å². The SMILES string of the molecule is CS(=O)(=O)N1CCC[N]C1=O. The third kappa shape index (κ3) is 1.83. The first-order valence-electron chi connectivity index (χ1n) is 3.21. The summed E-state index contributed by atoms with van der Waals surface area (Å²) >= 11 is 0. The van der Waals surface area contributed by atoms with E-state index in [2.05, 4.69) is 5.32 Å². The Hall–Kier alpha value is -0.780. The number of nitrogens with zero attached hydrogens (tertiary/aromatic N) is 2. The van der Waals surface area contributed by atoms with Crippen molar-refractivity contribution in [1.29, 1.82) is 0 Å². The van der Waals surface area contributed by atoms with Gasteiger partial charge in [0.05, 0.1) is 6.26 Å². The van der Waals surface area contributed by atoms with Crippen LogP contribution in [0.25, 0.3) is 0 Å². The van der Waals surface area contributed by atoms with E-state index in [-0.39, 0.29) is 6.54 Å². The number of sulfonamides is 1. The zero-order valence-electron chi connectivity index (χ0n) is 6.15. The van der Waals surface area contributed by atoms with Gasteiger partial charge in [-0.15, -0.1) is 0 Å². The van der Waals surface area contributed by atoms with Crippen LogP contribution in [0.3, 0.4) is 0 Å². The summed E-state index contributed by atoms with van der Waals surface area (Å²) in [5.41, 5.74) is 0. The molecule has 0 saturated carbocycles. The van der Waals surface area contributed by atoms with Crippen LogP contribution in [0.15, 0.2) is 0 Å². The van der Waals surface area contributed by atoms with Gasteiger partial charge >= 0.3 is 6.03 Å². The number of urea groups is 1. The minimum absolute atomic E-state index is 0.265. The number of amides is 2. The van der Waals surface area contributed by atoms with Gasteiger partial charge in [0.15, 0.2) is 0 Å². The predicted molar refractivity (Wildman–Crippen MR) is 38.6 cm³/mol. The smallest absolute Gasteiger partial charge is 0.245 e. The lowest BCUT2D eigenvalue weighted by Crippen LogP contribution is -2.45. The van der Waals surface area contributed by atoms with Crippen molar-refractivity contribution >= 4 is 16.1 Å². The molecule has 0 bridgehead atoms. The lowest BCUT2D eigenvalue weighted by atomic mass is 10.4. The zero-order chi connectivity index (χ0) is 8.48. The summed E-state index contributed by atoms with van der Waals surface area (Å²) < 4.78 is 22.5. The fourth-order valence-electron chi connectivity index (χ4n) is 0.871. The maximum absolute atomic E-state index is 10.8. The van der Waals surface area contributed by atoms with E-state index in [1.165, 1.54) is 0 Å². The first kappa shape index (κ1) is 8.32. The Morgan fingerprint density at radius 1 is 1.55 bits per heavy atom. The minimum atomic E-state index is -3.39. The number of carbonyl (C=O) groups is 1. The van der Waals surface area contributed by atoms with Gasteiger partial charge in [-0.2, -0.15) is 0 Å².